The van der Waals surface area contributed by atoms with Crippen LogP contribution in [0, 0.1) is 12.7 Å². The molecule has 0 unspecified atom stereocenters. The van der Waals surface area contributed by atoms with Crippen LogP contribution < -0.4 is 0 Å². The Morgan fingerprint density at radius 2 is 1.91 bits per heavy atom. The van der Waals surface area contributed by atoms with Crippen molar-refractivity contribution in [3.8, 4) is 0 Å². The average Bonchev–Trinajstić information content (AvgIpc) is 2.76. The van der Waals surface area contributed by atoms with Gasteiger partial charge >= 0.3 is 6.09 Å². The molecule has 2 aromatic carbocycles. The molecule has 2 aromatic rings. The summed E-state index contributed by atoms with van der Waals surface area (Å²) in [6.07, 6.45) is 0.0312. The lowest BCUT2D eigenvalue weighted by Crippen LogP contribution is -2.51. The molecule has 0 bridgehead atoms. The van der Waals surface area contributed by atoms with E-state index < -0.39 is 23.7 Å². The summed E-state index contributed by atoms with van der Waals surface area (Å²) in [6.45, 7) is 8.02. The molecule has 1 saturated heterocycles. The number of hydrogen-bond acceptors (Lipinski definition) is 5. The van der Waals surface area contributed by atoms with Crippen LogP contribution in [0.4, 0.5) is 9.18 Å². The molecule has 6 nitrogen and oxygen atoms in total. The first-order chi connectivity index (χ1) is 15.6. The van der Waals surface area contributed by atoms with Gasteiger partial charge in [0.2, 0.25) is 0 Å². The van der Waals surface area contributed by atoms with Gasteiger partial charge in [-0.05, 0) is 62.9 Å². The van der Waals surface area contributed by atoms with Gasteiger partial charge in [-0.15, -0.1) is 0 Å². The summed E-state index contributed by atoms with van der Waals surface area (Å²) in [6, 6.07) is 13.5. The van der Waals surface area contributed by atoms with Gasteiger partial charge in [-0.2, -0.15) is 0 Å². The normalized spacial score (nSPS) is 18.6. The van der Waals surface area contributed by atoms with Crippen molar-refractivity contribution in [1.82, 2.24) is 9.96 Å². The molecule has 1 amide bonds. The van der Waals surface area contributed by atoms with Gasteiger partial charge in [-0.25, -0.2) is 19.0 Å². The third kappa shape index (κ3) is 6.01. The van der Waals surface area contributed by atoms with Gasteiger partial charge in [-0.1, -0.05) is 36.4 Å². The van der Waals surface area contributed by atoms with Crippen LogP contribution in [0.1, 0.15) is 49.8 Å². The lowest BCUT2D eigenvalue weighted by molar-refractivity contribution is -0.217. The molecule has 0 saturated carbocycles. The van der Waals surface area contributed by atoms with Crippen LogP contribution in [0.3, 0.4) is 0 Å². The zero-order chi connectivity index (χ0) is 24.2. The number of amides is 1. The van der Waals surface area contributed by atoms with E-state index >= 15 is 0 Å². The number of rotatable bonds is 5. The Morgan fingerprint density at radius 1 is 1.21 bits per heavy atom. The van der Waals surface area contributed by atoms with Crippen molar-refractivity contribution in [3.63, 3.8) is 0 Å². The number of carbonyl (C=O) groups excluding carboxylic acids is 2. The zero-order valence-corrected chi connectivity index (χ0v) is 19.8. The number of aryl methyl sites for hydroxylation is 1. The summed E-state index contributed by atoms with van der Waals surface area (Å²) < 4.78 is 19.4. The SMILES string of the molecule is Cc1cc(F)ccc1[C@@H]1C(=C=O)N(OC(C)(C)C)CC[C@@H]1N(C)C(=O)OCc1ccccc1. The molecule has 0 aliphatic carbocycles. The van der Waals surface area contributed by atoms with Gasteiger partial charge in [0.05, 0.1) is 11.5 Å². The summed E-state index contributed by atoms with van der Waals surface area (Å²) in [5.74, 6) is 1.13. The van der Waals surface area contributed by atoms with Crippen LogP contribution in [0.15, 0.2) is 54.2 Å². The van der Waals surface area contributed by atoms with E-state index in [2.05, 4.69) is 0 Å². The molecule has 0 radical (unpaired) electrons. The highest BCUT2D eigenvalue weighted by molar-refractivity contribution is 5.69. The van der Waals surface area contributed by atoms with Crippen molar-refractivity contribution >= 4 is 12.0 Å². The van der Waals surface area contributed by atoms with E-state index in [4.69, 9.17) is 9.57 Å². The summed E-state index contributed by atoms with van der Waals surface area (Å²) >= 11 is 0. The number of benzene rings is 2. The van der Waals surface area contributed by atoms with Crippen LogP contribution in [0.25, 0.3) is 0 Å². The van der Waals surface area contributed by atoms with Gasteiger partial charge in [-0.3, -0.25) is 4.84 Å². The monoisotopic (exact) mass is 454 g/mol. The van der Waals surface area contributed by atoms with Crippen molar-refractivity contribution in [2.75, 3.05) is 13.6 Å². The van der Waals surface area contributed by atoms with Gasteiger partial charge in [0, 0.05) is 19.6 Å². The molecule has 0 aromatic heterocycles. The standard InChI is InChI=1S/C26H31FN2O4/c1-18-15-20(27)11-12-21(18)24-22(13-14-29(23(24)16-30)33-26(2,3)4)28(5)25(31)32-17-19-9-7-6-8-10-19/h6-12,15,22,24H,13-14,17H2,1-5H3/t22-,24-/m0/s1. The smallest absolute Gasteiger partial charge is 0.410 e. The molecule has 1 fully saturated rings. The molecular weight excluding hydrogens is 423 g/mol. The van der Waals surface area contributed by atoms with Crippen molar-refractivity contribution in [2.24, 2.45) is 0 Å². The maximum absolute atomic E-state index is 13.8. The van der Waals surface area contributed by atoms with Crippen LogP contribution in [-0.2, 0) is 21.0 Å². The molecule has 33 heavy (non-hydrogen) atoms. The number of piperidine rings is 1. The maximum Gasteiger partial charge on any atom is 0.410 e. The minimum atomic E-state index is -0.548. The van der Waals surface area contributed by atoms with E-state index in [0.29, 0.717) is 18.5 Å². The fraction of sp³-hybridized carbons (Fsp3) is 0.423. The number of carbonyl (C=O) groups is 1. The minimum Gasteiger partial charge on any atom is -0.445 e. The van der Waals surface area contributed by atoms with Crippen LogP contribution in [0.5, 0.6) is 0 Å². The second kappa shape index (κ2) is 10.2. The molecule has 0 spiro atoms. The van der Waals surface area contributed by atoms with E-state index in [1.807, 2.05) is 57.0 Å². The van der Waals surface area contributed by atoms with Gasteiger partial charge in [0.15, 0.2) is 0 Å². The van der Waals surface area contributed by atoms with E-state index in [1.165, 1.54) is 17.0 Å². The predicted octanol–water partition coefficient (Wildman–Crippen LogP) is 5.01. The Kier molecular flexibility index (Phi) is 7.57. The predicted molar refractivity (Wildman–Crippen MR) is 123 cm³/mol. The van der Waals surface area contributed by atoms with Gasteiger partial charge in [0.25, 0.3) is 0 Å². The summed E-state index contributed by atoms with van der Waals surface area (Å²) in [7, 11) is 1.66. The first-order valence-electron chi connectivity index (χ1n) is 11.0. The Labute approximate surface area is 194 Å². The number of hydroxylamine groups is 2. The highest BCUT2D eigenvalue weighted by Crippen LogP contribution is 2.39. The van der Waals surface area contributed by atoms with E-state index in [-0.39, 0.29) is 18.1 Å². The van der Waals surface area contributed by atoms with Crippen molar-refractivity contribution in [3.05, 3.63) is 76.7 Å². The van der Waals surface area contributed by atoms with E-state index in [9.17, 15) is 14.0 Å². The molecule has 1 aliphatic rings. The topological polar surface area (TPSA) is 59.1 Å². The summed E-state index contributed by atoms with van der Waals surface area (Å²) in [4.78, 5) is 32.6. The van der Waals surface area contributed by atoms with Crippen molar-refractivity contribution < 1.29 is 23.6 Å². The number of nitrogens with zero attached hydrogens (tertiary/aromatic N) is 2. The van der Waals surface area contributed by atoms with Crippen LogP contribution in [0.2, 0.25) is 0 Å². The van der Waals surface area contributed by atoms with Gasteiger partial charge < -0.3 is 9.64 Å². The average molecular weight is 455 g/mol. The van der Waals surface area contributed by atoms with Gasteiger partial charge in [0.1, 0.15) is 24.1 Å². The van der Waals surface area contributed by atoms with Crippen LogP contribution >= 0.6 is 0 Å². The number of hydrogen-bond donors (Lipinski definition) is 0. The second-order valence-electron chi connectivity index (χ2n) is 9.28. The fourth-order valence-electron chi connectivity index (χ4n) is 4.13. The number of halogens is 1. The lowest BCUT2D eigenvalue weighted by Gasteiger charge is -2.44. The molecule has 0 N–H and O–H groups in total. The molecule has 7 heteroatoms. The molecule has 1 aliphatic heterocycles. The fourth-order valence-corrected chi connectivity index (χ4v) is 4.13. The maximum atomic E-state index is 13.8. The van der Waals surface area contributed by atoms with E-state index in [0.717, 1.165) is 11.1 Å². The largest absolute Gasteiger partial charge is 0.445 e. The summed E-state index contributed by atoms with van der Waals surface area (Å²) in [5.41, 5.74) is 2.05. The van der Waals surface area contributed by atoms with Crippen molar-refractivity contribution in [1.29, 1.82) is 0 Å². The van der Waals surface area contributed by atoms with Crippen molar-refractivity contribution in [2.45, 2.75) is 58.3 Å². The highest BCUT2D eigenvalue weighted by atomic mass is 19.1. The minimum absolute atomic E-state index is 0.145. The number of likely N-dealkylation sites (N-methyl/N-ethyl adjacent to an activating group) is 1. The Hall–Kier alpha value is -3.15. The molecule has 3 rings (SSSR count). The lowest BCUT2D eigenvalue weighted by atomic mass is 9.81. The Morgan fingerprint density at radius 3 is 2.52 bits per heavy atom. The zero-order valence-electron chi connectivity index (χ0n) is 19.8. The Bertz CT molecular complexity index is 1030. The first-order valence-corrected chi connectivity index (χ1v) is 11.0. The highest BCUT2D eigenvalue weighted by Gasteiger charge is 2.42. The number of ether oxygens (including phenoxy) is 1. The molecule has 1 heterocycles. The molecule has 2 atom stereocenters. The molecule has 176 valence electrons. The third-order valence-corrected chi connectivity index (χ3v) is 5.62. The Balaban J connectivity index is 1.91. The quantitative estimate of drug-likeness (QED) is 0.595. The second-order valence-corrected chi connectivity index (χ2v) is 9.28. The third-order valence-electron chi connectivity index (χ3n) is 5.62. The van der Waals surface area contributed by atoms with E-state index in [1.54, 1.807) is 25.1 Å². The summed E-state index contributed by atoms with van der Waals surface area (Å²) in [5, 5.41) is 1.56. The molecular formula is C26H31FN2O4. The van der Waals surface area contributed by atoms with Crippen LogP contribution in [-0.4, -0.2) is 47.2 Å². The first kappa shape index (κ1) is 24.5.